The van der Waals surface area contributed by atoms with Gasteiger partial charge in [0.25, 0.3) is 0 Å². The highest BCUT2D eigenvalue weighted by molar-refractivity contribution is 8.03. The fourth-order valence-electron chi connectivity index (χ4n) is 2.16. The molecule has 0 aromatic heterocycles. The molecule has 102 valence electrons. The Morgan fingerprint density at radius 3 is 2.60 bits per heavy atom. The fourth-order valence-corrected chi connectivity index (χ4v) is 3.23. The van der Waals surface area contributed by atoms with E-state index in [4.69, 9.17) is 0 Å². The Bertz CT molecular complexity index is 681. The summed E-state index contributed by atoms with van der Waals surface area (Å²) in [5.74, 6) is -0.241. The van der Waals surface area contributed by atoms with Crippen molar-refractivity contribution in [3.05, 3.63) is 64.1 Å². The Balaban J connectivity index is 2.05. The van der Waals surface area contributed by atoms with Crippen LogP contribution in [0.25, 0.3) is 0 Å². The average Bonchev–Trinajstić information content (AvgIpc) is 2.53. The number of carbonyl (C=O) groups excluding carboxylic acids is 1. The second kappa shape index (κ2) is 4.66. The summed E-state index contributed by atoms with van der Waals surface area (Å²) in [7, 11) is 0. The highest BCUT2D eigenvalue weighted by Gasteiger charge is 2.36. The molecular weight excluding hydrogens is 285 g/mol. The minimum absolute atomic E-state index is 0.241. The van der Waals surface area contributed by atoms with Crippen molar-refractivity contribution in [3.8, 4) is 0 Å². The minimum atomic E-state index is -4.35. The molecule has 1 aromatic carbocycles. The number of allylic oxidation sites excluding steroid dienone is 5. The molecule has 0 radical (unpaired) electrons. The first-order chi connectivity index (χ1) is 9.45. The SMILES string of the molecule is O=C1C=C2CC(C(F)(F)F)=CC=C2Sc2ccccc21. The number of thioether (sulfide) groups is 1. The molecule has 0 atom stereocenters. The summed E-state index contributed by atoms with van der Waals surface area (Å²) in [6.07, 6.45) is -0.739. The van der Waals surface area contributed by atoms with Crippen LogP contribution >= 0.6 is 11.8 Å². The van der Waals surface area contributed by atoms with E-state index < -0.39 is 11.7 Å². The van der Waals surface area contributed by atoms with Gasteiger partial charge in [0.2, 0.25) is 0 Å². The third kappa shape index (κ3) is 2.33. The molecule has 1 aliphatic carbocycles. The summed E-state index contributed by atoms with van der Waals surface area (Å²) < 4.78 is 38.2. The van der Waals surface area contributed by atoms with Gasteiger partial charge < -0.3 is 0 Å². The zero-order valence-electron chi connectivity index (χ0n) is 10.2. The lowest BCUT2D eigenvalue weighted by molar-refractivity contribution is -0.0932. The van der Waals surface area contributed by atoms with Gasteiger partial charge in [0, 0.05) is 27.4 Å². The maximum atomic E-state index is 12.7. The van der Waals surface area contributed by atoms with E-state index in [9.17, 15) is 18.0 Å². The molecule has 0 fully saturated rings. The van der Waals surface area contributed by atoms with Crippen LogP contribution in [-0.2, 0) is 0 Å². The fraction of sp³-hybridized carbons (Fsp3) is 0.133. The van der Waals surface area contributed by atoms with E-state index in [1.165, 1.54) is 23.9 Å². The van der Waals surface area contributed by atoms with Gasteiger partial charge in [-0.15, -0.1) is 0 Å². The van der Waals surface area contributed by atoms with Gasteiger partial charge in [0.15, 0.2) is 5.78 Å². The van der Waals surface area contributed by atoms with E-state index in [0.29, 0.717) is 16.0 Å². The number of carbonyl (C=O) groups is 1. The lowest BCUT2D eigenvalue weighted by Crippen LogP contribution is -2.14. The second-order valence-electron chi connectivity index (χ2n) is 4.53. The Kier molecular flexibility index (Phi) is 3.09. The highest BCUT2D eigenvalue weighted by atomic mass is 32.2. The largest absolute Gasteiger partial charge is 0.413 e. The van der Waals surface area contributed by atoms with E-state index in [1.54, 1.807) is 18.2 Å². The normalized spacial score (nSPS) is 18.4. The van der Waals surface area contributed by atoms with Crippen molar-refractivity contribution in [1.29, 1.82) is 0 Å². The molecule has 0 bridgehead atoms. The van der Waals surface area contributed by atoms with Crippen LogP contribution in [0.15, 0.2) is 63.4 Å². The molecule has 0 N–H and O–H groups in total. The van der Waals surface area contributed by atoms with E-state index in [2.05, 4.69) is 0 Å². The van der Waals surface area contributed by atoms with Crippen LogP contribution in [0.2, 0.25) is 0 Å². The average molecular weight is 294 g/mol. The molecule has 0 saturated carbocycles. The predicted octanol–water partition coefficient (Wildman–Crippen LogP) is 4.68. The van der Waals surface area contributed by atoms with Crippen molar-refractivity contribution < 1.29 is 18.0 Å². The summed E-state index contributed by atoms with van der Waals surface area (Å²) in [5, 5.41) is 0. The van der Waals surface area contributed by atoms with Crippen LogP contribution in [0.3, 0.4) is 0 Å². The lowest BCUT2D eigenvalue weighted by atomic mass is 9.97. The molecule has 1 nitrogen and oxygen atoms in total. The maximum Gasteiger partial charge on any atom is 0.413 e. The maximum absolute atomic E-state index is 12.7. The molecule has 0 amide bonds. The summed E-state index contributed by atoms with van der Waals surface area (Å²) in [6, 6.07) is 7.05. The van der Waals surface area contributed by atoms with E-state index in [0.717, 1.165) is 11.0 Å². The number of hydrogen-bond donors (Lipinski definition) is 0. The topological polar surface area (TPSA) is 17.1 Å². The van der Waals surface area contributed by atoms with E-state index >= 15 is 0 Å². The molecule has 0 spiro atoms. The number of alkyl halides is 3. The monoisotopic (exact) mass is 294 g/mol. The zero-order valence-corrected chi connectivity index (χ0v) is 11.0. The Labute approximate surface area is 117 Å². The Hall–Kier alpha value is -1.75. The molecular formula is C15H9F3OS. The minimum Gasteiger partial charge on any atom is -0.289 e. The van der Waals surface area contributed by atoms with Crippen molar-refractivity contribution in [2.24, 2.45) is 0 Å². The first-order valence-corrected chi connectivity index (χ1v) is 6.77. The van der Waals surface area contributed by atoms with Crippen molar-refractivity contribution in [1.82, 2.24) is 0 Å². The van der Waals surface area contributed by atoms with Gasteiger partial charge in [-0.1, -0.05) is 30.0 Å². The van der Waals surface area contributed by atoms with Gasteiger partial charge in [-0.05, 0) is 29.9 Å². The first kappa shape index (κ1) is 13.2. The van der Waals surface area contributed by atoms with Crippen LogP contribution < -0.4 is 0 Å². The molecule has 1 aromatic rings. The lowest BCUT2D eigenvalue weighted by Gasteiger charge is -2.18. The molecule has 1 heterocycles. The quantitative estimate of drug-likeness (QED) is 0.691. The van der Waals surface area contributed by atoms with Gasteiger partial charge in [0.05, 0.1) is 0 Å². The van der Waals surface area contributed by atoms with Crippen LogP contribution in [0.4, 0.5) is 13.2 Å². The Morgan fingerprint density at radius 2 is 1.85 bits per heavy atom. The zero-order chi connectivity index (χ0) is 14.3. The summed E-state index contributed by atoms with van der Waals surface area (Å²) >= 11 is 1.34. The van der Waals surface area contributed by atoms with Crippen LogP contribution in [0.1, 0.15) is 16.8 Å². The molecule has 1 aliphatic heterocycles. The van der Waals surface area contributed by atoms with E-state index in [-0.39, 0.29) is 12.2 Å². The molecule has 2 aliphatic rings. The highest BCUT2D eigenvalue weighted by Crippen LogP contribution is 2.44. The molecule has 0 saturated heterocycles. The number of fused-ring (bicyclic) bond motifs is 2. The van der Waals surface area contributed by atoms with Gasteiger partial charge >= 0.3 is 6.18 Å². The van der Waals surface area contributed by atoms with Gasteiger partial charge in [-0.3, -0.25) is 4.79 Å². The number of ketones is 1. The van der Waals surface area contributed by atoms with Crippen molar-refractivity contribution in [2.75, 3.05) is 0 Å². The Morgan fingerprint density at radius 1 is 1.10 bits per heavy atom. The van der Waals surface area contributed by atoms with Gasteiger partial charge in [-0.25, -0.2) is 0 Å². The number of hydrogen-bond acceptors (Lipinski definition) is 2. The first-order valence-electron chi connectivity index (χ1n) is 5.95. The van der Waals surface area contributed by atoms with Gasteiger partial charge in [-0.2, -0.15) is 13.2 Å². The van der Waals surface area contributed by atoms with Gasteiger partial charge in [0.1, 0.15) is 0 Å². The molecule has 3 rings (SSSR count). The van der Waals surface area contributed by atoms with E-state index in [1.807, 2.05) is 6.07 Å². The summed E-state index contributed by atoms with van der Waals surface area (Å²) in [6.45, 7) is 0. The molecule has 20 heavy (non-hydrogen) atoms. The third-order valence-electron chi connectivity index (χ3n) is 3.18. The standard InChI is InChI=1S/C15H9F3OS/c16-15(17,18)10-5-6-13-9(7-10)8-12(19)11-3-1-2-4-14(11)20-13/h1-6,8H,7H2. The molecule has 0 unspecified atom stereocenters. The number of halogens is 3. The molecule has 5 heteroatoms. The third-order valence-corrected chi connectivity index (χ3v) is 4.37. The van der Waals surface area contributed by atoms with Crippen molar-refractivity contribution >= 4 is 17.5 Å². The van der Waals surface area contributed by atoms with Crippen molar-refractivity contribution in [2.45, 2.75) is 17.5 Å². The predicted molar refractivity (Wildman–Crippen MR) is 71.6 cm³/mol. The number of rotatable bonds is 0. The van der Waals surface area contributed by atoms with Crippen molar-refractivity contribution in [3.63, 3.8) is 0 Å². The smallest absolute Gasteiger partial charge is 0.289 e. The van der Waals surface area contributed by atoms with Crippen LogP contribution in [0.5, 0.6) is 0 Å². The second-order valence-corrected chi connectivity index (χ2v) is 5.61. The number of benzene rings is 1. The summed E-state index contributed by atoms with van der Waals surface area (Å²) in [5.41, 5.74) is 0.353. The summed E-state index contributed by atoms with van der Waals surface area (Å²) in [4.78, 5) is 13.6. The van der Waals surface area contributed by atoms with Crippen LogP contribution in [0, 0.1) is 0 Å². The van der Waals surface area contributed by atoms with Crippen LogP contribution in [-0.4, -0.2) is 12.0 Å².